The molecule has 0 saturated heterocycles. The Kier molecular flexibility index (Phi) is 8.89. The van der Waals surface area contributed by atoms with E-state index in [9.17, 15) is 14.8 Å². The predicted octanol–water partition coefficient (Wildman–Crippen LogP) is 4.28. The maximum absolute atomic E-state index is 10.8. The maximum atomic E-state index is 10.8. The number of fused-ring (bicyclic) bond motifs is 2. The zero-order valence-electron chi connectivity index (χ0n) is 20.5. The van der Waals surface area contributed by atoms with Crippen molar-refractivity contribution >= 4 is 36.8 Å². The van der Waals surface area contributed by atoms with Crippen molar-refractivity contribution in [2.45, 2.75) is 20.6 Å². The number of aromatic carboxylic acids is 1. The Labute approximate surface area is 232 Å². The molecule has 6 rings (SSSR count). The van der Waals surface area contributed by atoms with Crippen LogP contribution in [0.3, 0.4) is 0 Å². The molecule has 0 fully saturated rings. The van der Waals surface area contributed by atoms with Gasteiger partial charge in [0.15, 0.2) is 5.69 Å². The minimum atomic E-state index is -0.972. The van der Waals surface area contributed by atoms with E-state index in [0.29, 0.717) is 41.9 Å². The highest BCUT2D eigenvalue weighted by Gasteiger charge is 2.28. The van der Waals surface area contributed by atoms with Crippen LogP contribution in [0.5, 0.6) is 23.0 Å². The highest BCUT2D eigenvalue weighted by molar-refractivity contribution is 6.62. The second-order valence-corrected chi connectivity index (χ2v) is 8.69. The average molecular weight is 537 g/mol. The van der Waals surface area contributed by atoms with Gasteiger partial charge in [-0.1, -0.05) is 31.7 Å². The summed E-state index contributed by atoms with van der Waals surface area (Å²) in [6.45, 7) is 7.63. The van der Waals surface area contributed by atoms with Crippen molar-refractivity contribution in [1.82, 2.24) is 0 Å². The number of ether oxygens (including phenoxy) is 2. The standard InChI is InChI=1S/C14H10BNO3.C14H11BO5.CH4/c1-16-11-2-4-12(5-3-11)19-13-6-7-14-10(8-13)9-18-15(14)17;16-14(17)9-1-3-11(4-2-9)20-12-5-6-13-10(7-12)8-19-15(13)18;/h2-8,17H,9H2;1-7,18H,8H2,(H,16,17);1H4. The molecule has 9 nitrogen and oxygen atoms in total. The van der Waals surface area contributed by atoms with Gasteiger partial charge in [-0.2, -0.15) is 0 Å². The SMILES string of the molecule is C.O=C(O)c1ccc(Oc2ccc3c(c2)COB3O)cc1.[C-]#[N+]c1ccc(Oc2ccc3c(c2)COB3O)cc1. The molecule has 4 aromatic carbocycles. The quantitative estimate of drug-likeness (QED) is 0.255. The van der Waals surface area contributed by atoms with Gasteiger partial charge < -0.3 is 33.9 Å². The van der Waals surface area contributed by atoms with Crippen molar-refractivity contribution in [3.8, 4) is 23.0 Å². The number of carboxylic acid groups (broad SMARTS) is 1. The summed E-state index contributed by atoms with van der Waals surface area (Å²) in [6.07, 6.45) is 0. The van der Waals surface area contributed by atoms with Crippen molar-refractivity contribution in [1.29, 1.82) is 0 Å². The van der Waals surface area contributed by atoms with Gasteiger partial charge >= 0.3 is 20.2 Å². The van der Waals surface area contributed by atoms with E-state index in [2.05, 4.69) is 4.85 Å². The van der Waals surface area contributed by atoms with Gasteiger partial charge in [0.05, 0.1) is 25.3 Å². The summed E-state index contributed by atoms with van der Waals surface area (Å²) in [5, 5.41) is 27.9. The number of hydrogen-bond donors (Lipinski definition) is 3. The van der Waals surface area contributed by atoms with E-state index in [1.54, 1.807) is 66.7 Å². The lowest BCUT2D eigenvalue weighted by Gasteiger charge is -2.07. The number of hydrogen-bond acceptors (Lipinski definition) is 7. The molecule has 0 saturated carbocycles. The Bertz CT molecular complexity index is 1540. The van der Waals surface area contributed by atoms with Crippen molar-refractivity contribution in [3.05, 3.63) is 113 Å². The fourth-order valence-electron chi connectivity index (χ4n) is 4.07. The molecule has 0 atom stereocenters. The molecule has 3 N–H and O–H groups in total. The molecule has 0 spiro atoms. The maximum Gasteiger partial charge on any atom is 0.491 e. The zero-order valence-corrected chi connectivity index (χ0v) is 20.5. The lowest BCUT2D eigenvalue weighted by atomic mass is 9.80. The number of nitrogens with zero attached hydrogens (tertiary/aromatic N) is 1. The van der Waals surface area contributed by atoms with Gasteiger partial charge in [0, 0.05) is 0 Å². The van der Waals surface area contributed by atoms with E-state index in [4.69, 9.17) is 30.5 Å². The van der Waals surface area contributed by atoms with E-state index in [1.165, 1.54) is 12.1 Å². The van der Waals surface area contributed by atoms with Gasteiger partial charge in [-0.05, 0) is 82.7 Å². The van der Waals surface area contributed by atoms with Crippen LogP contribution in [-0.2, 0) is 22.5 Å². The third-order valence-corrected chi connectivity index (χ3v) is 6.09. The number of rotatable bonds is 5. The van der Waals surface area contributed by atoms with Crippen LogP contribution in [0, 0.1) is 6.57 Å². The summed E-state index contributed by atoms with van der Waals surface area (Å²) < 4.78 is 21.6. The Hall–Kier alpha value is -4.59. The van der Waals surface area contributed by atoms with E-state index in [1.807, 2.05) is 6.07 Å². The van der Waals surface area contributed by atoms with E-state index in [0.717, 1.165) is 22.1 Å². The van der Waals surface area contributed by atoms with Crippen LogP contribution in [0.15, 0.2) is 84.9 Å². The van der Waals surface area contributed by atoms with Gasteiger partial charge in [-0.3, -0.25) is 0 Å². The first-order chi connectivity index (χ1) is 18.9. The van der Waals surface area contributed by atoms with Crippen molar-refractivity contribution < 1.29 is 38.7 Å². The Morgan fingerprint density at radius 2 is 1.15 bits per heavy atom. The molecule has 0 bridgehead atoms. The monoisotopic (exact) mass is 537 g/mol. The Morgan fingerprint density at radius 1 is 0.725 bits per heavy atom. The van der Waals surface area contributed by atoms with E-state index in [-0.39, 0.29) is 13.0 Å². The molecule has 11 heteroatoms. The first kappa shape index (κ1) is 28.4. The van der Waals surface area contributed by atoms with Crippen molar-refractivity contribution in [3.63, 3.8) is 0 Å². The second-order valence-electron chi connectivity index (χ2n) is 8.69. The summed E-state index contributed by atoms with van der Waals surface area (Å²) in [5.41, 5.74) is 4.15. The van der Waals surface area contributed by atoms with E-state index >= 15 is 0 Å². The topological polar surface area (TPSA) is 119 Å². The molecule has 4 aromatic rings. The highest BCUT2D eigenvalue weighted by Crippen LogP contribution is 2.26. The predicted molar refractivity (Wildman–Crippen MR) is 151 cm³/mol. The zero-order chi connectivity index (χ0) is 27.4. The highest BCUT2D eigenvalue weighted by atomic mass is 16.5. The molecule has 200 valence electrons. The summed E-state index contributed by atoms with van der Waals surface area (Å²) in [6, 6.07) is 23.8. The third kappa shape index (κ3) is 6.51. The minimum absolute atomic E-state index is 0. The van der Waals surface area contributed by atoms with Crippen LogP contribution in [-0.4, -0.2) is 35.4 Å². The van der Waals surface area contributed by atoms with Crippen LogP contribution in [0.1, 0.15) is 28.9 Å². The average Bonchev–Trinajstić information content (AvgIpc) is 3.51. The summed E-state index contributed by atoms with van der Waals surface area (Å²) in [4.78, 5) is 14.1. The molecular weight excluding hydrogens is 512 g/mol. The fraction of sp³-hybridized carbons (Fsp3) is 0.103. The van der Waals surface area contributed by atoms with E-state index < -0.39 is 20.2 Å². The third-order valence-electron chi connectivity index (χ3n) is 6.09. The molecule has 40 heavy (non-hydrogen) atoms. The largest absolute Gasteiger partial charge is 0.491 e. The molecule has 2 aliphatic rings. The molecule has 2 heterocycles. The molecule has 2 aliphatic heterocycles. The van der Waals surface area contributed by atoms with Crippen LogP contribution in [0.4, 0.5) is 5.69 Å². The molecule has 0 aliphatic carbocycles. The van der Waals surface area contributed by atoms with Crippen LogP contribution >= 0.6 is 0 Å². The van der Waals surface area contributed by atoms with Gasteiger partial charge in [-0.25, -0.2) is 9.64 Å². The summed E-state index contributed by atoms with van der Waals surface area (Å²) in [7, 11) is -1.70. The minimum Gasteiger partial charge on any atom is -0.478 e. The van der Waals surface area contributed by atoms with Gasteiger partial charge in [0.25, 0.3) is 0 Å². The van der Waals surface area contributed by atoms with Gasteiger partial charge in [0.1, 0.15) is 23.0 Å². The molecule has 0 radical (unpaired) electrons. The lowest BCUT2D eigenvalue weighted by molar-refractivity contribution is 0.0697. The lowest BCUT2D eigenvalue weighted by Crippen LogP contribution is -2.27. The second kappa shape index (κ2) is 12.5. The molecule has 0 unspecified atom stereocenters. The van der Waals surface area contributed by atoms with Crippen LogP contribution in [0.2, 0.25) is 0 Å². The Morgan fingerprint density at radius 3 is 1.57 bits per heavy atom. The summed E-state index contributed by atoms with van der Waals surface area (Å²) in [5.74, 6) is 1.55. The van der Waals surface area contributed by atoms with Crippen LogP contribution in [0.25, 0.3) is 4.85 Å². The van der Waals surface area contributed by atoms with Gasteiger partial charge in [-0.15, -0.1) is 0 Å². The number of carboxylic acids is 1. The van der Waals surface area contributed by atoms with Crippen molar-refractivity contribution in [2.75, 3.05) is 0 Å². The van der Waals surface area contributed by atoms with Crippen LogP contribution < -0.4 is 20.4 Å². The Balaban J connectivity index is 0.000000181. The van der Waals surface area contributed by atoms with Crippen molar-refractivity contribution in [2.24, 2.45) is 0 Å². The summed E-state index contributed by atoms with van der Waals surface area (Å²) >= 11 is 0. The molecular formula is C29H25B2NO8. The number of benzene rings is 4. The first-order valence-electron chi connectivity index (χ1n) is 11.9. The smallest absolute Gasteiger partial charge is 0.478 e. The molecule has 0 amide bonds. The normalized spacial score (nSPS) is 12.7. The fourth-order valence-corrected chi connectivity index (χ4v) is 4.07. The first-order valence-corrected chi connectivity index (χ1v) is 11.9. The van der Waals surface area contributed by atoms with Gasteiger partial charge in [0.2, 0.25) is 0 Å². The molecule has 0 aromatic heterocycles. The number of carbonyl (C=O) groups is 1.